The number of hydrogen-bond donors (Lipinski definition) is 1. The highest BCUT2D eigenvalue weighted by Crippen LogP contribution is 2.48. The van der Waals surface area contributed by atoms with Gasteiger partial charge in [0, 0.05) is 22.8 Å². The van der Waals surface area contributed by atoms with E-state index < -0.39 is 0 Å². The Balaban J connectivity index is 1.64. The molecule has 33 heavy (non-hydrogen) atoms. The van der Waals surface area contributed by atoms with Gasteiger partial charge in [0.2, 0.25) is 0 Å². The van der Waals surface area contributed by atoms with Gasteiger partial charge in [-0.05, 0) is 49.3 Å². The van der Waals surface area contributed by atoms with Crippen LogP contribution in [-0.2, 0) is 11.7 Å². The van der Waals surface area contributed by atoms with Crippen LogP contribution in [0.15, 0.2) is 72.8 Å². The zero-order valence-electron chi connectivity index (χ0n) is 19.7. The number of ketones is 1. The molecule has 2 unspecified atom stereocenters. The minimum Gasteiger partial charge on any atom is -0.507 e. The highest BCUT2D eigenvalue weighted by molar-refractivity contribution is 7.48. The molecule has 3 nitrogen and oxygen atoms in total. The summed E-state index contributed by atoms with van der Waals surface area (Å²) in [5, 5.41) is 12.4. The van der Waals surface area contributed by atoms with Gasteiger partial charge < -0.3 is 5.11 Å². The lowest BCUT2D eigenvalue weighted by atomic mass is 9.92. The molecule has 4 heteroatoms. The SMILES string of the molecule is CCC(C)(Pc1ccccc1CN1CCCCC1)c1cccc(C(=O)c2ccccc2)c1O. The van der Waals surface area contributed by atoms with Crippen molar-refractivity contribution in [2.24, 2.45) is 0 Å². The van der Waals surface area contributed by atoms with Crippen LogP contribution in [0.4, 0.5) is 0 Å². The van der Waals surface area contributed by atoms with Gasteiger partial charge in [-0.25, -0.2) is 0 Å². The Morgan fingerprint density at radius 3 is 2.36 bits per heavy atom. The molecule has 1 heterocycles. The van der Waals surface area contributed by atoms with Gasteiger partial charge in [0.25, 0.3) is 0 Å². The van der Waals surface area contributed by atoms with Gasteiger partial charge in [0.1, 0.15) is 5.75 Å². The van der Waals surface area contributed by atoms with Gasteiger partial charge in [-0.2, -0.15) is 0 Å². The number of para-hydroxylation sites is 1. The van der Waals surface area contributed by atoms with E-state index in [2.05, 4.69) is 43.0 Å². The fraction of sp³-hybridized carbons (Fsp3) is 0.345. The van der Waals surface area contributed by atoms with Gasteiger partial charge in [0.05, 0.1) is 5.56 Å². The predicted octanol–water partition coefficient (Wildman–Crippen LogP) is 6.24. The summed E-state index contributed by atoms with van der Waals surface area (Å²) in [7, 11) is 0.501. The first-order chi connectivity index (χ1) is 16.0. The lowest BCUT2D eigenvalue weighted by Gasteiger charge is -2.32. The lowest BCUT2D eigenvalue weighted by Crippen LogP contribution is -2.31. The number of phenols is 1. The number of hydrogen-bond acceptors (Lipinski definition) is 3. The van der Waals surface area contributed by atoms with E-state index in [9.17, 15) is 9.90 Å². The van der Waals surface area contributed by atoms with Crippen LogP contribution in [0.5, 0.6) is 5.75 Å². The van der Waals surface area contributed by atoms with Crippen LogP contribution in [0.25, 0.3) is 0 Å². The van der Waals surface area contributed by atoms with Crippen molar-refractivity contribution in [3.8, 4) is 5.75 Å². The molecule has 0 aromatic heterocycles. The second-order valence-corrected chi connectivity index (χ2v) is 11.1. The summed E-state index contributed by atoms with van der Waals surface area (Å²) in [5.41, 5.74) is 3.22. The van der Waals surface area contributed by atoms with Gasteiger partial charge in [-0.3, -0.25) is 9.69 Å². The molecule has 1 aliphatic rings. The third-order valence-electron chi connectivity index (χ3n) is 6.89. The van der Waals surface area contributed by atoms with Crippen molar-refractivity contribution in [1.29, 1.82) is 0 Å². The van der Waals surface area contributed by atoms with E-state index >= 15 is 0 Å². The van der Waals surface area contributed by atoms with E-state index in [0.29, 0.717) is 19.7 Å². The summed E-state index contributed by atoms with van der Waals surface area (Å²) in [4.78, 5) is 15.7. The van der Waals surface area contributed by atoms with Gasteiger partial charge in [-0.1, -0.05) is 95.6 Å². The molecule has 1 fully saturated rings. The average molecular weight is 460 g/mol. The normalized spacial score (nSPS) is 16.7. The van der Waals surface area contributed by atoms with Crippen LogP contribution in [0.2, 0.25) is 0 Å². The molecular weight excluding hydrogens is 425 g/mol. The minimum absolute atomic E-state index is 0.122. The number of likely N-dealkylation sites (tertiary alicyclic amines) is 1. The van der Waals surface area contributed by atoms with Crippen LogP contribution in [0, 0.1) is 0 Å². The maximum absolute atomic E-state index is 13.1. The highest BCUT2D eigenvalue weighted by Gasteiger charge is 2.31. The van der Waals surface area contributed by atoms with E-state index in [-0.39, 0.29) is 16.7 Å². The Kier molecular flexibility index (Phi) is 7.63. The third kappa shape index (κ3) is 5.37. The number of rotatable bonds is 8. The molecule has 0 bridgehead atoms. The molecule has 3 aromatic carbocycles. The van der Waals surface area contributed by atoms with Crippen molar-refractivity contribution >= 4 is 19.7 Å². The standard InChI is InChI=1S/C29H34NO2P/c1-3-29(2,33-26-18-9-8-15-23(26)21-30-19-10-5-11-20-30)25-17-12-16-24(28(25)32)27(31)22-13-6-4-7-14-22/h4,6-9,12-18,32-33H,3,5,10-11,19-21H2,1-2H3. The molecule has 0 radical (unpaired) electrons. The first-order valence-electron chi connectivity index (χ1n) is 12.0. The smallest absolute Gasteiger partial charge is 0.196 e. The molecular formula is C29H34NO2P. The van der Waals surface area contributed by atoms with E-state index in [1.165, 1.54) is 43.2 Å². The van der Waals surface area contributed by atoms with E-state index in [1.807, 2.05) is 30.3 Å². The zero-order valence-corrected chi connectivity index (χ0v) is 20.7. The summed E-state index contributed by atoms with van der Waals surface area (Å²) < 4.78 is 0. The third-order valence-corrected chi connectivity index (χ3v) is 8.82. The molecule has 1 N–H and O–H groups in total. The van der Waals surface area contributed by atoms with Crippen molar-refractivity contribution in [2.45, 2.75) is 51.2 Å². The molecule has 0 aliphatic carbocycles. The second-order valence-electron chi connectivity index (χ2n) is 9.20. The zero-order chi connectivity index (χ0) is 23.3. The monoisotopic (exact) mass is 459 g/mol. The van der Waals surface area contributed by atoms with Gasteiger partial charge >= 0.3 is 0 Å². The average Bonchev–Trinajstić information content (AvgIpc) is 2.86. The quantitative estimate of drug-likeness (QED) is 0.320. The number of aromatic hydroxyl groups is 1. The van der Waals surface area contributed by atoms with Crippen molar-refractivity contribution < 1.29 is 9.90 Å². The summed E-state index contributed by atoms with van der Waals surface area (Å²) in [6, 6.07) is 23.6. The largest absolute Gasteiger partial charge is 0.507 e. The number of benzene rings is 3. The highest BCUT2D eigenvalue weighted by atomic mass is 31.1. The van der Waals surface area contributed by atoms with E-state index in [1.54, 1.807) is 18.2 Å². The van der Waals surface area contributed by atoms with Crippen molar-refractivity contribution in [2.75, 3.05) is 13.1 Å². The summed E-state index contributed by atoms with van der Waals surface area (Å²) >= 11 is 0. The van der Waals surface area contributed by atoms with Crippen LogP contribution in [0.1, 0.15) is 66.6 Å². The number of nitrogens with zero attached hydrogens (tertiary/aromatic N) is 1. The van der Waals surface area contributed by atoms with E-state index in [4.69, 9.17) is 0 Å². The van der Waals surface area contributed by atoms with Crippen LogP contribution in [-0.4, -0.2) is 28.9 Å². The molecule has 0 saturated carbocycles. The second kappa shape index (κ2) is 10.6. The summed E-state index contributed by atoms with van der Waals surface area (Å²) in [5.74, 6) is -0.0149. The molecule has 0 spiro atoms. The van der Waals surface area contributed by atoms with Gasteiger partial charge in [0.15, 0.2) is 5.78 Å². The maximum atomic E-state index is 13.1. The Bertz CT molecular complexity index is 1090. The number of piperidine rings is 1. The number of carbonyl (C=O) groups is 1. The predicted molar refractivity (Wildman–Crippen MR) is 139 cm³/mol. The fourth-order valence-electron chi connectivity index (χ4n) is 4.70. The Hall–Kier alpha value is -2.48. The molecule has 1 aliphatic heterocycles. The first-order valence-corrected chi connectivity index (χ1v) is 13.0. The molecule has 172 valence electrons. The fourth-order valence-corrected chi connectivity index (χ4v) is 6.31. The van der Waals surface area contributed by atoms with Crippen molar-refractivity contribution in [1.82, 2.24) is 4.90 Å². The molecule has 2 atom stereocenters. The number of phenolic OH excluding ortho intramolecular Hbond substituents is 1. The molecule has 1 saturated heterocycles. The summed E-state index contributed by atoms with van der Waals surface area (Å²) in [6.45, 7) is 7.72. The maximum Gasteiger partial charge on any atom is 0.196 e. The minimum atomic E-state index is -0.255. The van der Waals surface area contributed by atoms with Crippen LogP contribution < -0.4 is 5.30 Å². The van der Waals surface area contributed by atoms with Crippen LogP contribution in [0.3, 0.4) is 0 Å². The first kappa shape index (κ1) is 23.7. The lowest BCUT2D eigenvalue weighted by molar-refractivity contribution is 0.103. The van der Waals surface area contributed by atoms with Crippen LogP contribution >= 0.6 is 8.58 Å². The Morgan fingerprint density at radius 1 is 0.939 bits per heavy atom. The molecule has 3 aromatic rings. The Labute approximate surface area is 199 Å². The Morgan fingerprint density at radius 2 is 1.64 bits per heavy atom. The molecule has 4 rings (SSSR count). The van der Waals surface area contributed by atoms with Crippen molar-refractivity contribution in [3.05, 3.63) is 95.1 Å². The number of carbonyl (C=O) groups excluding carboxylic acids is 1. The van der Waals surface area contributed by atoms with Crippen molar-refractivity contribution in [3.63, 3.8) is 0 Å². The van der Waals surface area contributed by atoms with Gasteiger partial charge in [-0.15, -0.1) is 0 Å². The topological polar surface area (TPSA) is 40.5 Å². The molecule has 0 amide bonds. The summed E-state index contributed by atoms with van der Waals surface area (Å²) in [6.07, 6.45) is 4.78. The van der Waals surface area contributed by atoms with E-state index in [0.717, 1.165) is 18.5 Å².